The normalized spacial score (nSPS) is 20.0. The average molecular weight is 362 g/mol. The molecule has 2 aliphatic rings. The van der Waals surface area contributed by atoms with Gasteiger partial charge in [-0.2, -0.15) is 0 Å². The average Bonchev–Trinajstić information content (AvgIpc) is 3.04. The highest BCUT2D eigenvalue weighted by Gasteiger charge is 2.28. The van der Waals surface area contributed by atoms with E-state index in [-0.39, 0.29) is 5.92 Å². The van der Waals surface area contributed by atoms with Crippen LogP contribution in [0.25, 0.3) is 11.0 Å². The second kappa shape index (κ2) is 7.31. The fourth-order valence-electron chi connectivity index (χ4n) is 4.10. The molecule has 0 unspecified atom stereocenters. The van der Waals surface area contributed by atoms with Crippen LogP contribution in [0.1, 0.15) is 32.1 Å². The number of fused-ring (bicyclic) bond motifs is 1. The van der Waals surface area contributed by atoms with Gasteiger partial charge in [0.25, 0.3) is 0 Å². The number of hydrogen-bond acceptors (Lipinski definition) is 3. The molecular formula is C19H24F2N4O. The Morgan fingerprint density at radius 2 is 1.73 bits per heavy atom. The number of rotatable bonds is 3. The number of piperazine rings is 1. The van der Waals surface area contributed by atoms with Crippen molar-refractivity contribution in [2.45, 2.75) is 38.8 Å². The Balaban J connectivity index is 1.37. The van der Waals surface area contributed by atoms with Crippen molar-refractivity contribution >= 4 is 16.9 Å². The van der Waals surface area contributed by atoms with Crippen molar-refractivity contribution in [3.63, 3.8) is 0 Å². The third kappa shape index (κ3) is 3.45. The van der Waals surface area contributed by atoms with Crippen LogP contribution in [0.5, 0.6) is 0 Å². The molecule has 1 saturated heterocycles. The summed E-state index contributed by atoms with van der Waals surface area (Å²) in [6, 6.07) is 2.32. The highest BCUT2D eigenvalue weighted by molar-refractivity contribution is 5.79. The van der Waals surface area contributed by atoms with E-state index in [0.29, 0.717) is 23.6 Å². The molecule has 26 heavy (non-hydrogen) atoms. The number of aromatic nitrogens is 2. The van der Waals surface area contributed by atoms with Crippen molar-refractivity contribution in [3.8, 4) is 0 Å². The third-order valence-corrected chi connectivity index (χ3v) is 5.65. The minimum atomic E-state index is -0.877. The summed E-state index contributed by atoms with van der Waals surface area (Å²) in [6.07, 6.45) is 7.26. The van der Waals surface area contributed by atoms with Gasteiger partial charge in [-0.15, -0.1) is 0 Å². The Hall–Kier alpha value is -2.02. The lowest BCUT2D eigenvalue weighted by Crippen LogP contribution is -2.50. The van der Waals surface area contributed by atoms with Crippen LogP contribution in [-0.2, 0) is 11.5 Å². The molecule has 140 valence electrons. The van der Waals surface area contributed by atoms with E-state index in [4.69, 9.17) is 0 Å². The van der Waals surface area contributed by atoms with Gasteiger partial charge in [-0.3, -0.25) is 9.69 Å². The minimum absolute atomic E-state index is 0.214. The van der Waals surface area contributed by atoms with Gasteiger partial charge in [-0.1, -0.05) is 19.3 Å². The third-order valence-electron chi connectivity index (χ3n) is 5.65. The first-order valence-corrected chi connectivity index (χ1v) is 9.43. The summed E-state index contributed by atoms with van der Waals surface area (Å²) in [5, 5.41) is 0. The van der Waals surface area contributed by atoms with E-state index >= 15 is 0 Å². The van der Waals surface area contributed by atoms with Crippen LogP contribution < -0.4 is 0 Å². The number of nitrogens with zero attached hydrogens (tertiary/aromatic N) is 4. The molecular weight excluding hydrogens is 338 g/mol. The summed E-state index contributed by atoms with van der Waals surface area (Å²) in [7, 11) is 0. The molecule has 1 amide bonds. The van der Waals surface area contributed by atoms with Gasteiger partial charge < -0.3 is 9.47 Å². The quantitative estimate of drug-likeness (QED) is 0.843. The van der Waals surface area contributed by atoms with Crippen LogP contribution in [0.15, 0.2) is 18.5 Å². The molecule has 5 nitrogen and oxygen atoms in total. The van der Waals surface area contributed by atoms with Gasteiger partial charge in [0, 0.05) is 44.2 Å². The first-order valence-electron chi connectivity index (χ1n) is 9.43. The zero-order valence-corrected chi connectivity index (χ0v) is 14.8. The standard InChI is InChI=1S/C19H24F2N4O/c20-15-10-17-18(11-16(15)21)25(12-22-17)13-23-6-8-24(9-7-23)19(26)14-4-2-1-3-5-14/h10-12,14H,1-9,13H2. The molecule has 2 fully saturated rings. The lowest BCUT2D eigenvalue weighted by molar-refractivity contribution is -0.138. The molecule has 0 bridgehead atoms. The first kappa shape index (κ1) is 17.4. The number of benzene rings is 1. The summed E-state index contributed by atoms with van der Waals surface area (Å²) >= 11 is 0. The second-order valence-electron chi connectivity index (χ2n) is 7.39. The van der Waals surface area contributed by atoms with Crippen molar-refractivity contribution in [3.05, 3.63) is 30.1 Å². The molecule has 0 atom stereocenters. The Bertz CT molecular complexity index is 792. The van der Waals surface area contributed by atoms with Gasteiger partial charge >= 0.3 is 0 Å². The number of carbonyl (C=O) groups is 1. The minimum Gasteiger partial charge on any atom is -0.340 e. The van der Waals surface area contributed by atoms with Gasteiger partial charge in [0.15, 0.2) is 11.6 Å². The fourth-order valence-corrected chi connectivity index (χ4v) is 4.10. The van der Waals surface area contributed by atoms with Crippen molar-refractivity contribution in [2.24, 2.45) is 5.92 Å². The van der Waals surface area contributed by atoms with Crippen molar-refractivity contribution < 1.29 is 13.6 Å². The van der Waals surface area contributed by atoms with Crippen LogP contribution >= 0.6 is 0 Å². The number of halogens is 2. The fraction of sp³-hybridized carbons (Fsp3) is 0.579. The van der Waals surface area contributed by atoms with Gasteiger partial charge in [0.2, 0.25) is 5.91 Å². The van der Waals surface area contributed by atoms with E-state index in [9.17, 15) is 13.6 Å². The molecule has 1 aliphatic heterocycles. The van der Waals surface area contributed by atoms with Crippen LogP contribution in [0.2, 0.25) is 0 Å². The molecule has 2 heterocycles. The monoisotopic (exact) mass is 362 g/mol. The zero-order valence-electron chi connectivity index (χ0n) is 14.8. The van der Waals surface area contributed by atoms with Gasteiger partial charge in [-0.25, -0.2) is 13.8 Å². The van der Waals surface area contributed by atoms with E-state index in [1.165, 1.54) is 25.3 Å². The lowest BCUT2D eigenvalue weighted by atomic mass is 9.88. The Labute approximate surface area is 151 Å². The maximum Gasteiger partial charge on any atom is 0.225 e. The molecule has 0 N–H and O–H groups in total. The molecule has 1 aromatic carbocycles. The van der Waals surface area contributed by atoms with E-state index in [1.807, 2.05) is 9.47 Å². The highest BCUT2D eigenvalue weighted by Crippen LogP contribution is 2.26. The van der Waals surface area contributed by atoms with Gasteiger partial charge in [0.05, 0.1) is 24.0 Å². The van der Waals surface area contributed by atoms with Crippen LogP contribution in [0, 0.1) is 17.6 Å². The molecule has 7 heteroatoms. The SMILES string of the molecule is O=C(C1CCCCC1)N1CCN(Cn2cnc3cc(F)c(F)cc32)CC1. The van der Waals surface area contributed by atoms with Gasteiger partial charge in [0.1, 0.15) is 0 Å². The second-order valence-corrected chi connectivity index (χ2v) is 7.39. The molecule has 2 aromatic rings. The topological polar surface area (TPSA) is 41.4 Å². The van der Waals surface area contributed by atoms with Crippen LogP contribution in [-0.4, -0.2) is 51.4 Å². The van der Waals surface area contributed by atoms with E-state index in [1.54, 1.807) is 6.33 Å². The number of carbonyl (C=O) groups excluding carboxylic acids is 1. The van der Waals surface area contributed by atoms with E-state index in [2.05, 4.69) is 9.88 Å². The summed E-state index contributed by atoms with van der Waals surface area (Å²) in [5.74, 6) is -1.21. The van der Waals surface area contributed by atoms with Crippen molar-refractivity contribution in [2.75, 3.05) is 26.2 Å². The smallest absolute Gasteiger partial charge is 0.225 e. The summed E-state index contributed by atoms with van der Waals surface area (Å²) in [5.41, 5.74) is 1.04. The molecule has 1 saturated carbocycles. The van der Waals surface area contributed by atoms with Crippen molar-refractivity contribution in [1.82, 2.24) is 19.4 Å². The van der Waals surface area contributed by atoms with Crippen molar-refractivity contribution in [1.29, 1.82) is 0 Å². The van der Waals surface area contributed by atoms with Crippen LogP contribution in [0.4, 0.5) is 8.78 Å². The Morgan fingerprint density at radius 3 is 2.46 bits per heavy atom. The number of hydrogen-bond donors (Lipinski definition) is 0. The molecule has 4 rings (SSSR count). The van der Waals surface area contributed by atoms with Crippen LogP contribution in [0.3, 0.4) is 0 Å². The molecule has 0 radical (unpaired) electrons. The lowest BCUT2D eigenvalue weighted by Gasteiger charge is -2.37. The Kier molecular flexibility index (Phi) is 4.89. The maximum atomic E-state index is 13.5. The molecule has 1 aromatic heterocycles. The largest absolute Gasteiger partial charge is 0.340 e. The van der Waals surface area contributed by atoms with E-state index < -0.39 is 11.6 Å². The first-order chi connectivity index (χ1) is 12.6. The number of amides is 1. The maximum absolute atomic E-state index is 13.5. The summed E-state index contributed by atoms with van der Waals surface area (Å²) in [6.45, 7) is 3.58. The summed E-state index contributed by atoms with van der Waals surface area (Å²) in [4.78, 5) is 21.0. The molecule has 0 spiro atoms. The predicted molar refractivity (Wildman–Crippen MR) is 94.4 cm³/mol. The Morgan fingerprint density at radius 1 is 1.04 bits per heavy atom. The zero-order chi connectivity index (χ0) is 18.1. The molecule has 1 aliphatic carbocycles. The number of imidazole rings is 1. The summed E-state index contributed by atoms with van der Waals surface area (Å²) < 4.78 is 28.7. The van der Waals surface area contributed by atoms with E-state index in [0.717, 1.165) is 45.1 Å². The highest BCUT2D eigenvalue weighted by atomic mass is 19.2. The van der Waals surface area contributed by atoms with Gasteiger partial charge in [-0.05, 0) is 12.8 Å². The predicted octanol–water partition coefficient (Wildman–Crippen LogP) is 3.00.